The number of methoxy groups -OCH3 is 1. The second-order valence-corrected chi connectivity index (χ2v) is 5.35. The first-order chi connectivity index (χ1) is 9.02. The highest BCUT2D eigenvalue weighted by Crippen LogP contribution is 2.26. The van der Waals surface area contributed by atoms with Gasteiger partial charge >= 0.3 is 0 Å². The number of hydrogen-bond donors (Lipinski definition) is 0. The van der Waals surface area contributed by atoms with Gasteiger partial charge in [-0.15, -0.1) is 0 Å². The molecule has 0 saturated heterocycles. The van der Waals surface area contributed by atoms with Gasteiger partial charge in [0.05, 0.1) is 7.11 Å². The Morgan fingerprint density at radius 3 is 2.47 bits per heavy atom. The van der Waals surface area contributed by atoms with E-state index >= 15 is 0 Å². The lowest BCUT2D eigenvalue weighted by molar-refractivity contribution is 0.103. The fraction of sp³-hybridized carbons (Fsp3) is 0.188. The van der Waals surface area contributed by atoms with Crippen molar-refractivity contribution in [3.8, 4) is 5.75 Å². The van der Waals surface area contributed by atoms with E-state index in [0.29, 0.717) is 11.3 Å². The van der Waals surface area contributed by atoms with E-state index in [1.165, 1.54) is 0 Å². The molecule has 0 atom stereocenters. The van der Waals surface area contributed by atoms with Gasteiger partial charge in [0.2, 0.25) is 0 Å². The summed E-state index contributed by atoms with van der Waals surface area (Å²) in [6.45, 7) is 3.93. The molecule has 0 saturated carbocycles. The first-order valence-corrected chi connectivity index (χ1v) is 6.77. The smallest absolute Gasteiger partial charge is 0.194 e. The number of ketones is 1. The molecule has 19 heavy (non-hydrogen) atoms. The summed E-state index contributed by atoms with van der Waals surface area (Å²) in [5, 5.41) is 0. The van der Waals surface area contributed by atoms with Crippen LogP contribution in [0.2, 0.25) is 0 Å². The second kappa shape index (κ2) is 5.57. The van der Waals surface area contributed by atoms with E-state index < -0.39 is 0 Å². The summed E-state index contributed by atoms with van der Waals surface area (Å²) in [4.78, 5) is 12.6. The van der Waals surface area contributed by atoms with Crippen molar-refractivity contribution in [1.29, 1.82) is 0 Å². The van der Waals surface area contributed by atoms with E-state index in [1.54, 1.807) is 13.2 Å². The maximum Gasteiger partial charge on any atom is 0.194 e. The molecule has 0 bridgehead atoms. The van der Waals surface area contributed by atoms with Gasteiger partial charge in [0, 0.05) is 15.6 Å². The van der Waals surface area contributed by atoms with Gasteiger partial charge in [-0.2, -0.15) is 0 Å². The Morgan fingerprint density at radius 1 is 1.05 bits per heavy atom. The highest BCUT2D eigenvalue weighted by molar-refractivity contribution is 9.10. The zero-order chi connectivity index (χ0) is 14.0. The number of halogens is 1. The molecule has 0 N–H and O–H groups in total. The lowest BCUT2D eigenvalue weighted by atomic mass is 9.97. The summed E-state index contributed by atoms with van der Waals surface area (Å²) in [6.07, 6.45) is 0. The molecule has 0 fully saturated rings. The third kappa shape index (κ3) is 2.87. The van der Waals surface area contributed by atoms with Crippen LogP contribution in [0.25, 0.3) is 0 Å². The van der Waals surface area contributed by atoms with Crippen molar-refractivity contribution in [3.05, 3.63) is 63.1 Å². The van der Waals surface area contributed by atoms with Crippen molar-refractivity contribution in [2.24, 2.45) is 0 Å². The molecule has 0 aliphatic rings. The van der Waals surface area contributed by atoms with E-state index in [9.17, 15) is 4.79 Å². The topological polar surface area (TPSA) is 26.3 Å². The summed E-state index contributed by atoms with van der Waals surface area (Å²) in [7, 11) is 1.59. The number of aryl methyl sites for hydroxylation is 2. The molecule has 0 heterocycles. The molecule has 3 heteroatoms. The Morgan fingerprint density at radius 2 is 1.79 bits per heavy atom. The standard InChI is InChI=1S/C16H15BrO2/c1-10-4-5-11(2)13(8-10)16(18)14-9-12(19-3)6-7-15(14)17/h4-9H,1-3H3. The van der Waals surface area contributed by atoms with Crippen molar-refractivity contribution < 1.29 is 9.53 Å². The van der Waals surface area contributed by atoms with Crippen LogP contribution in [0.4, 0.5) is 0 Å². The fourth-order valence-corrected chi connectivity index (χ4v) is 2.36. The molecule has 2 rings (SSSR count). The van der Waals surface area contributed by atoms with E-state index in [0.717, 1.165) is 21.2 Å². The fourth-order valence-electron chi connectivity index (χ4n) is 1.93. The molecule has 0 aromatic heterocycles. The van der Waals surface area contributed by atoms with Crippen LogP contribution in [0.1, 0.15) is 27.0 Å². The maximum atomic E-state index is 12.6. The number of rotatable bonds is 3. The molecule has 0 aliphatic heterocycles. The zero-order valence-electron chi connectivity index (χ0n) is 11.2. The maximum absolute atomic E-state index is 12.6. The summed E-state index contributed by atoms with van der Waals surface area (Å²) >= 11 is 3.42. The third-order valence-corrected chi connectivity index (χ3v) is 3.75. The van der Waals surface area contributed by atoms with Crippen molar-refractivity contribution >= 4 is 21.7 Å². The third-order valence-electron chi connectivity index (χ3n) is 3.06. The van der Waals surface area contributed by atoms with Crippen LogP contribution in [0.15, 0.2) is 40.9 Å². The van der Waals surface area contributed by atoms with Crippen LogP contribution in [-0.4, -0.2) is 12.9 Å². The van der Waals surface area contributed by atoms with Crippen LogP contribution >= 0.6 is 15.9 Å². The first-order valence-electron chi connectivity index (χ1n) is 5.98. The lowest BCUT2D eigenvalue weighted by Crippen LogP contribution is -2.05. The van der Waals surface area contributed by atoms with Crippen LogP contribution in [0, 0.1) is 13.8 Å². The number of hydrogen-bond acceptors (Lipinski definition) is 2. The van der Waals surface area contributed by atoms with E-state index in [-0.39, 0.29) is 5.78 Å². The molecule has 0 amide bonds. The minimum atomic E-state index is 0.00646. The minimum absolute atomic E-state index is 0.00646. The van der Waals surface area contributed by atoms with Gasteiger partial charge in [-0.25, -0.2) is 0 Å². The van der Waals surface area contributed by atoms with E-state index in [4.69, 9.17) is 4.74 Å². The predicted molar refractivity (Wildman–Crippen MR) is 80.0 cm³/mol. The van der Waals surface area contributed by atoms with Gasteiger partial charge < -0.3 is 4.74 Å². The Bertz CT molecular complexity index is 633. The Balaban J connectivity index is 2.52. The Labute approximate surface area is 121 Å². The van der Waals surface area contributed by atoms with E-state index in [2.05, 4.69) is 15.9 Å². The molecule has 0 unspecified atom stereocenters. The van der Waals surface area contributed by atoms with Crippen molar-refractivity contribution in [1.82, 2.24) is 0 Å². The van der Waals surface area contributed by atoms with E-state index in [1.807, 2.05) is 44.2 Å². The molecule has 0 aliphatic carbocycles. The summed E-state index contributed by atoms with van der Waals surface area (Å²) in [5.41, 5.74) is 3.40. The number of benzene rings is 2. The predicted octanol–water partition coefficient (Wildman–Crippen LogP) is 4.31. The van der Waals surface area contributed by atoms with Crippen molar-refractivity contribution in [2.45, 2.75) is 13.8 Å². The summed E-state index contributed by atoms with van der Waals surface area (Å²) in [6, 6.07) is 11.3. The first kappa shape index (κ1) is 13.8. The van der Waals surface area contributed by atoms with Gasteiger partial charge in [-0.3, -0.25) is 4.79 Å². The monoisotopic (exact) mass is 318 g/mol. The average Bonchev–Trinajstić information content (AvgIpc) is 2.41. The number of ether oxygens (including phenoxy) is 1. The number of carbonyl (C=O) groups excluding carboxylic acids is 1. The summed E-state index contributed by atoms with van der Waals surface area (Å²) < 4.78 is 5.95. The molecule has 0 radical (unpaired) electrons. The largest absolute Gasteiger partial charge is 0.497 e. The zero-order valence-corrected chi connectivity index (χ0v) is 12.7. The second-order valence-electron chi connectivity index (χ2n) is 4.49. The molecule has 98 valence electrons. The highest BCUT2D eigenvalue weighted by Gasteiger charge is 2.15. The van der Waals surface area contributed by atoms with Gasteiger partial charge in [-0.1, -0.05) is 33.6 Å². The van der Waals surface area contributed by atoms with Crippen LogP contribution in [0.5, 0.6) is 5.75 Å². The van der Waals surface area contributed by atoms with Gasteiger partial charge in [-0.05, 0) is 43.7 Å². The van der Waals surface area contributed by atoms with Crippen LogP contribution < -0.4 is 4.74 Å². The average molecular weight is 319 g/mol. The van der Waals surface area contributed by atoms with Gasteiger partial charge in [0.25, 0.3) is 0 Å². The Kier molecular flexibility index (Phi) is 4.05. The molecule has 0 spiro atoms. The summed E-state index contributed by atoms with van der Waals surface area (Å²) in [5.74, 6) is 0.684. The van der Waals surface area contributed by atoms with Crippen molar-refractivity contribution in [2.75, 3.05) is 7.11 Å². The van der Waals surface area contributed by atoms with Crippen molar-refractivity contribution in [3.63, 3.8) is 0 Å². The molecular weight excluding hydrogens is 304 g/mol. The Hall–Kier alpha value is -1.61. The van der Waals surface area contributed by atoms with Crippen LogP contribution in [0.3, 0.4) is 0 Å². The number of carbonyl (C=O) groups is 1. The quantitative estimate of drug-likeness (QED) is 0.788. The SMILES string of the molecule is COc1ccc(Br)c(C(=O)c2cc(C)ccc2C)c1. The van der Waals surface area contributed by atoms with Gasteiger partial charge in [0.1, 0.15) is 5.75 Å². The molecular formula is C16H15BrO2. The molecule has 2 nitrogen and oxygen atoms in total. The van der Waals surface area contributed by atoms with Gasteiger partial charge in [0.15, 0.2) is 5.78 Å². The minimum Gasteiger partial charge on any atom is -0.497 e. The lowest BCUT2D eigenvalue weighted by Gasteiger charge is -2.09. The van der Waals surface area contributed by atoms with Crippen LogP contribution in [-0.2, 0) is 0 Å². The highest BCUT2D eigenvalue weighted by atomic mass is 79.9. The normalized spacial score (nSPS) is 10.3. The molecule has 2 aromatic rings. The molecule has 2 aromatic carbocycles.